The Bertz CT molecular complexity index is 1560. The first kappa shape index (κ1) is 43.7. The molecule has 0 atom stereocenters. The van der Waals surface area contributed by atoms with Crippen molar-refractivity contribution >= 4 is 182 Å². The third-order valence-corrected chi connectivity index (χ3v) is 12.0. The fourth-order valence-electron chi connectivity index (χ4n) is 3.47. The van der Waals surface area contributed by atoms with Gasteiger partial charge in [0.25, 0.3) is 17.7 Å². The summed E-state index contributed by atoms with van der Waals surface area (Å²) >= 11 is 11.0. The van der Waals surface area contributed by atoms with Crippen molar-refractivity contribution in [2.75, 3.05) is 44.0 Å². The molecule has 0 radical (unpaired) electrons. The van der Waals surface area contributed by atoms with E-state index in [9.17, 15) is 33.9 Å². The minimum atomic E-state index is -1.56. The number of carbonyl (C=O) groups is 6. The normalized spacial score (nSPS) is 10.3. The van der Waals surface area contributed by atoms with Gasteiger partial charge < -0.3 is 41.2 Å². The van der Waals surface area contributed by atoms with Crippen LogP contribution in [0.15, 0.2) is 0 Å². The third-order valence-electron chi connectivity index (χ3n) is 5.60. The van der Waals surface area contributed by atoms with Gasteiger partial charge in [-0.25, -0.2) is 0 Å². The fraction of sp³-hybridized carbons (Fsp3) is 0.250. The number of hydrogen-bond donors (Lipinski definition) is 5. The molecule has 0 saturated carbocycles. The standard InChI is InChI=1S/C24H21I6N5O8.Cs/c1-7(37)35(3)20-17(29)10(21(39)31-2)13(25)11(18(20)30)23(41)33-6-8(38)34-19-15(27)9(22(40)32-4-5-36)14(26)12(16(19)28)24(42)43;/h36H,4-6H2,1-3H3,(H,31,39)(H,32,40)(H,33,41)(H,34,38)(H,42,43);/q;+1/p-1. The van der Waals surface area contributed by atoms with Crippen molar-refractivity contribution in [1.82, 2.24) is 16.0 Å². The number of amides is 5. The van der Waals surface area contributed by atoms with Crippen LogP contribution in [0.3, 0.4) is 0 Å². The first-order valence-electron chi connectivity index (χ1n) is 11.6. The first-order valence-corrected chi connectivity index (χ1v) is 18.1. The second kappa shape index (κ2) is 19.7. The average Bonchev–Trinajstić information content (AvgIpc) is 2.92. The zero-order valence-electron chi connectivity index (χ0n) is 23.1. The molecule has 44 heavy (non-hydrogen) atoms. The number of aliphatic hydroxyl groups is 1. The summed E-state index contributed by atoms with van der Waals surface area (Å²) < 4.78 is 1.59. The van der Waals surface area contributed by atoms with E-state index in [0.29, 0.717) is 16.4 Å². The molecule has 0 aliphatic rings. The Balaban J connectivity index is 0.00000968. The molecule has 0 saturated heterocycles. The second-order valence-corrected chi connectivity index (χ2v) is 14.7. The molecule has 13 nitrogen and oxygen atoms in total. The van der Waals surface area contributed by atoms with Crippen LogP contribution in [0.2, 0.25) is 0 Å². The Morgan fingerprint density at radius 1 is 0.750 bits per heavy atom. The molecular weight excluding hydrogens is 1380 g/mol. The van der Waals surface area contributed by atoms with Gasteiger partial charge in [0.15, 0.2) is 0 Å². The molecular formula is C24H20CsI6N5O8. The van der Waals surface area contributed by atoms with Crippen molar-refractivity contribution in [3.05, 3.63) is 43.7 Å². The Morgan fingerprint density at radius 3 is 1.68 bits per heavy atom. The number of aliphatic hydroxyl groups excluding tert-OH is 1. The number of rotatable bonds is 10. The molecule has 2 aromatic carbocycles. The smallest absolute Gasteiger partial charge is 0.545 e. The Labute approximate surface area is 392 Å². The van der Waals surface area contributed by atoms with Crippen molar-refractivity contribution in [2.45, 2.75) is 6.92 Å². The van der Waals surface area contributed by atoms with Crippen molar-refractivity contribution in [3.63, 3.8) is 0 Å². The van der Waals surface area contributed by atoms with Crippen LogP contribution in [0.25, 0.3) is 0 Å². The molecule has 0 bridgehead atoms. The van der Waals surface area contributed by atoms with Gasteiger partial charge in [-0.05, 0) is 136 Å². The molecule has 5 N–H and O–H groups in total. The number of aromatic carboxylic acids is 1. The Morgan fingerprint density at radius 2 is 1.20 bits per heavy atom. The summed E-state index contributed by atoms with van der Waals surface area (Å²) in [4.78, 5) is 77.4. The maximum atomic E-state index is 13.4. The van der Waals surface area contributed by atoms with Gasteiger partial charge in [0.1, 0.15) is 0 Å². The molecule has 0 aliphatic heterocycles. The van der Waals surface area contributed by atoms with E-state index in [2.05, 4.69) is 21.3 Å². The van der Waals surface area contributed by atoms with E-state index in [1.165, 1.54) is 25.9 Å². The summed E-state index contributed by atoms with van der Waals surface area (Å²) in [5.74, 6) is -4.46. The van der Waals surface area contributed by atoms with Crippen LogP contribution in [0.1, 0.15) is 48.4 Å². The monoisotopic (exact) mass is 1400 g/mol. The van der Waals surface area contributed by atoms with Crippen LogP contribution in [0.5, 0.6) is 0 Å². The minimum absolute atomic E-state index is 0. The van der Waals surface area contributed by atoms with Crippen molar-refractivity contribution in [1.29, 1.82) is 0 Å². The van der Waals surface area contributed by atoms with Crippen LogP contribution in [0.4, 0.5) is 11.4 Å². The van der Waals surface area contributed by atoms with Crippen LogP contribution in [-0.4, -0.2) is 74.4 Å². The molecule has 5 amide bonds. The maximum Gasteiger partial charge on any atom is 1.00 e. The number of nitrogens with one attached hydrogen (secondary N) is 4. The van der Waals surface area contributed by atoms with Gasteiger partial charge >= 0.3 is 68.9 Å². The van der Waals surface area contributed by atoms with Gasteiger partial charge in [-0.1, -0.05) is 0 Å². The maximum absolute atomic E-state index is 13.4. The number of anilines is 2. The predicted molar refractivity (Wildman–Crippen MR) is 206 cm³/mol. The van der Waals surface area contributed by atoms with Gasteiger partial charge in [0.2, 0.25) is 11.8 Å². The Hall–Kier alpha value is 1.65. The first-order chi connectivity index (χ1) is 20.0. The molecule has 0 fully saturated rings. The summed E-state index contributed by atoms with van der Waals surface area (Å²) in [5, 5.41) is 31.1. The minimum Gasteiger partial charge on any atom is -0.545 e. The number of carbonyl (C=O) groups excluding carboxylic acids is 6. The fourth-order valence-corrected chi connectivity index (χ4v) is 12.7. The number of nitrogens with zero attached hydrogens (tertiary/aromatic N) is 1. The van der Waals surface area contributed by atoms with Crippen molar-refractivity contribution in [2.24, 2.45) is 0 Å². The number of hydrogen-bond acceptors (Lipinski definition) is 8. The number of halogens is 6. The molecule has 0 aromatic heterocycles. The SMILES string of the molecule is CNC(=O)c1c(I)c(C(=O)NCC(=O)Nc2c(I)c(C(=O)[O-])c(I)c(C(=O)NCCO)c2I)c(I)c(N(C)C(C)=O)c1I.[Cs+]. The quantitative estimate of drug-likeness (QED) is 0.189. The molecule has 20 heteroatoms. The van der Waals surface area contributed by atoms with E-state index in [-0.39, 0.29) is 127 Å². The Kier molecular flexibility index (Phi) is 19.6. The zero-order valence-corrected chi connectivity index (χ0v) is 42.4. The molecule has 2 aromatic rings. The molecule has 0 unspecified atom stereocenters. The summed E-state index contributed by atoms with van der Waals surface area (Å²) in [6.07, 6.45) is 0. The van der Waals surface area contributed by atoms with E-state index >= 15 is 0 Å². The van der Waals surface area contributed by atoms with Crippen molar-refractivity contribution < 1.29 is 108 Å². The van der Waals surface area contributed by atoms with Gasteiger partial charge in [0, 0.05) is 43.8 Å². The van der Waals surface area contributed by atoms with E-state index in [1.54, 1.807) is 67.8 Å². The number of benzene rings is 2. The topological polar surface area (TPSA) is 197 Å². The van der Waals surface area contributed by atoms with Gasteiger partial charge in [-0.15, -0.1) is 0 Å². The van der Waals surface area contributed by atoms with Gasteiger partial charge in [-0.2, -0.15) is 0 Å². The van der Waals surface area contributed by atoms with Crippen LogP contribution < -0.4 is 100 Å². The third kappa shape index (κ3) is 10.1. The van der Waals surface area contributed by atoms with E-state index in [4.69, 9.17) is 5.11 Å². The molecule has 232 valence electrons. The van der Waals surface area contributed by atoms with Crippen LogP contribution in [0, 0.1) is 21.4 Å². The summed E-state index contributed by atoms with van der Waals surface area (Å²) in [5.41, 5.74) is 0.317. The molecule has 2 rings (SSSR count). The van der Waals surface area contributed by atoms with E-state index in [0.717, 1.165) is 0 Å². The van der Waals surface area contributed by atoms with Crippen molar-refractivity contribution in [3.8, 4) is 0 Å². The predicted octanol–water partition coefficient (Wildman–Crippen LogP) is -0.885. The van der Waals surface area contributed by atoms with Crippen LogP contribution >= 0.6 is 136 Å². The van der Waals surface area contributed by atoms with E-state index < -0.39 is 36.1 Å². The molecule has 0 aliphatic carbocycles. The average molecular weight is 1400 g/mol. The number of carboxylic acid groups (broad SMARTS) is 1. The second-order valence-electron chi connectivity index (χ2n) is 8.26. The van der Waals surface area contributed by atoms with Gasteiger partial charge in [0.05, 0.1) is 57.9 Å². The molecule has 0 heterocycles. The number of carboxylic acids is 1. The largest absolute Gasteiger partial charge is 1.00 e. The molecule has 0 spiro atoms. The summed E-state index contributed by atoms with van der Waals surface area (Å²) in [7, 11) is 2.95. The summed E-state index contributed by atoms with van der Waals surface area (Å²) in [6.45, 7) is 0.367. The van der Waals surface area contributed by atoms with Gasteiger partial charge in [-0.3, -0.25) is 24.0 Å². The van der Waals surface area contributed by atoms with Crippen LogP contribution in [-0.2, 0) is 9.59 Å². The van der Waals surface area contributed by atoms with E-state index in [1.807, 2.05) is 67.8 Å². The summed E-state index contributed by atoms with van der Waals surface area (Å²) in [6, 6.07) is 0. The zero-order chi connectivity index (χ0) is 32.9.